The highest BCUT2D eigenvalue weighted by molar-refractivity contribution is 5.32. The van der Waals surface area contributed by atoms with Gasteiger partial charge in [0.25, 0.3) is 0 Å². The van der Waals surface area contributed by atoms with Crippen molar-refractivity contribution in [2.24, 2.45) is 0 Å². The van der Waals surface area contributed by atoms with Crippen LogP contribution in [0.3, 0.4) is 0 Å². The average Bonchev–Trinajstić information content (AvgIpc) is 2.37. The van der Waals surface area contributed by atoms with Crippen LogP contribution < -0.4 is 10.6 Å². The van der Waals surface area contributed by atoms with Crippen molar-refractivity contribution in [2.45, 2.75) is 25.9 Å². The van der Waals surface area contributed by atoms with E-state index in [9.17, 15) is 0 Å². The topological polar surface area (TPSA) is 27.3 Å². The summed E-state index contributed by atoms with van der Waals surface area (Å²) in [6, 6.07) is 7.71. The lowest BCUT2D eigenvalue weighted by atomic mass is 9.94. The number of aryl methyl sites for hydroxylation is 2. The van der Waals surface area contributed by atoms with Gasteiger partial charge in [-0.15, -0.1) is 0 Å². The molecule has 1 heterocycles. The van der Waals surface area contributed by atoms with Gasteiger partial charge in [-0.2, -0.15) is 0 Å². The van der Waals surface area contributed by atoms with Gasteiger partial charge in [-0.05, 0) is 44.6 Å². The normalized spacial score (nSPS) is 23.0. The Morgan fingerprint density at radius 3 is 2.72 bits per heavy atom. The third-order valence-corrected chi connectivity index (χ3v) is 4.15. The molecule has 2 N–H and O–H groups in total. The number of rotatable bonds is 3. The molecule has 2 unspecified atom stereocenters. The number of benzene rings is 1. The zero-order valence-corrected chi connectivity index (χ0v) is 12.0. The molecule has 0 saturated carbocycles. The van der Waals surface area contributed by atoms with Gasteiger partial charge in [0.05, 0.1) is 0 Å². The van der Waals surface area contributed by atoms with Gasteiger partial charge in [0.1, 0.15) is 0 Å². The van der Waals surface area contributed by atoms with Crippen LogP contribution in [0.1, 0.15) is 22.7 Å². The fraction of sp³-hybridized carbons (Fsp3) is 0.600. The molecule has 1 aliphatic rings. The molecule has 1 aliphatic heterocycles. The molecule has 18 heavy (non-hydrogen) atoms. The molecular weight excluding hydrogens is 222 g/mol. The second kappa shape index (κ2) is 5.83. The van der Waals surface area contributed by atoms with E-state index >= 15 is 0 Å². The Morgan fingerprint density at radius 2 is 2.11 bits per heavy atom. The first kappa shape index (κ1) is 13.5. The smallest absolute Gasteiger partial charge is 0.0488 e. The summed E-state index contributed by atoms with van der Waals surface area (Å²) < 4.78 is 0. The highest BCUT2D eigenvalue weighted by Crippen LogP contribution is 2.23. The van der Waals surface area contributed by atoms with Crippen molar-refractivity contribution in [3.05, 3.63) is 34.9 Å². The number of likely N-dealkylation sites (N-methyl/N-ethyl adjacent to an activating group) is 2. The number of hydrogen-bond donors (Lipinski definition) is 2. The van der Waals surface area contributed by atoms with Crippen molar-refractivity contribution >= 4 is 0 Å². The standard InChI is InChI=1S/C15H25N3/c1-11-5-6-13(9-12(11)2)15(16-3)14-10-17-7-8-18(14)4/h5-6,9,14-17H,7-8,10H2,1-4H3. The van der Waals surface area contributed by atoms with Crippen molar-refractivity contribution < 1.29 is 0 Å². The first-order valence-electron chi connectivity index (χ1n) is 6.79. The molecule has 0 bridgehead atoms. The van der Waals surface area contributed by atoms with Crippen molar-refractivity contribution in [3.8, 4) is 0 Å². The van der Waals surface area contributed by atoms with Gasteiger partial charge in [-0.3, -0.25) is 4.90 Å². The summed E-state index contributed by atoms with van der Waals surface area (Å²) in [4.78, 5) is 2.45. The maximum atomic E-state index is 3.49. The Bertz CT molecular complexity index is 403. The Labute approximate surface area is 111 Å². The van der Waals surface area contributed by atoms with Gasteiger partial charge in [0, 0.05) is 31.7 Å². The molecule has 0 aliphatic carbocycles. The van der Waals surface area contributed by atoms with Gasteiger partial charge < -0.3 is 10.6 Å². The molecule has 1 saturated heterocycles. The highest BCUT2D eigenvalue weighted by Gasteiger charge is 2.27. The van der Waals surface area contributed by atoms with Gasteiger partial charge in [0.2, 0.25) is 0 Å². The van der Waals surface area contributed by atoms with E-state index in [1.165, 1.54) is 16.7 Å². The van der Waals surface area contributed by atoms with E-state index in [0.717, 1.165) is 19.6 Å². The molecule has 1 fully saturated rings. The van der Waals surface area contributed by atoms with E-state index in [2.05, 4.69) is 61.7 Å². The van der Waals surface area contributed by atoms with Gasteiger partial charge >= 0.3 is 0 Å². The fourth-order valence-electron chi connectivity index (χ4n) is 2.74. The van der Waals surface area contributed by atoms with Crippen LogP contribution >= 0.6 is 0 Å². The number of nitrogens with zero attached hydrogens (tertiary/aromatic N) is 1. The molecule has 0 aromatic heterocycles. The summed E-state index contributed by atoms with van der Waals surface area (Å²) >= 11 is 0. The van der Waals surface area contributed by atoms with Gasteiger partial charge in [0.15, 0.2) is 0 Å². The Kier molecular flexibility index (Phi) is 4.38. The Morgan fingerprint density at radius 1 is 1.33 bits per heavy atom. The zero-order valence-electron chi connectivity index (χ0n) is 12.0. The average molecular weight is 247 g/mol. The third-order valence-electron chi connectivity index (χ3n) is 4.15. The molecule has 0 radical (unpaired) electrons. The van der Waals surface area contributed by atoms with Crippen LogP contribution in [0.5, 0.6) is 0 Å². The third kappa shape index (κ3) is 2.74. The molecule has 2 atom stereocenters. The summed E-state index contributed by atoms with van der Waals surface area (Å²) in [6.07, 6.45) is 0. The summed E-state index contributed by atoms with van der Waals surface area (Å²) in [5.74, 6) is 0. The van der Waals surface area contributed by atoms with Crippen LogP contribution in [-0.2, 0) is 0 Å². The van der Waals surface area contributed by atoms with Crippen molar-refractivity contribution in [1.82, 2.24) is 15.5 Å². The van der Waals surface area contributed by atoms with Gasteiger partial charge in [-0.1, -0.05) is 18.2 Å². The zero-order chi connectivity index (χ0) is 13.1. The molecule has 1 aromatic rings. The quantitative estimate of drug-likeness (QED) is 0.847. The van der Waals surface area contributed by atoms with Crippen LogP contribution in [0, 0.1) is 13.8 Å². The van der Waals surface area contributed by atoms with E-state index in [4.69, 9.17) is 0 Å². The first-order valence-corrected chi connectivity index (χ1v) is 6.79. The van der Waals surface area contributed by atoms with E-state index in [-0.39, 0.29) is 0 Å². The number of hydrogen-bond acceptors (Lipinski definition) is 3. The van der Waals surface area contributed by atoms with Crippen LogP contribution in [0.15, 0.2) is 18.2 Å². The Balaban J connectivity index is 2.23. The number of nitrogens with one attached hydrogen (secondary N) is 2. The molecule has 100 valence electrons. The summed E-state index contributed by atoms with van der Waals surface area (Å²) in [6.45, 7) is 7.62. The van der Waals surface area contributed by atoms with E-state index < -0.39 is 0 Å². The Hall–Kier alpha value is -0.900. The van der Waals surface area contributed by atoms with Crippen molar-refractivity contribution in [3.63, 3.8) is 0 Å². The van der Waals surface area contributed by atoms with E-state index in [0.29, 0.717) is 12.1 Å². The maximum absolute atomic E-state index is 3.49. The summed E-state index contributed by atoms with van der Waals surface area (Å²) in [5, 5.41) is 6.98. The minimum absolute atomic E-state index is 0.391. The van der Waals surface area contributed by atoms with Crippen LogP contribution in [0.25, 0.3) is 0 Å². The van der Waals surface area contributed by atoms with Crippen LogP contribution in [0.2, 0.25) is 0 Å². The van der Waals surface area contributed by atoms with Crippen molar-refractivity contribution in [2.75, 3.05) is 33.7 Å². The van der Waals surface area contributed by atoms with Gasteiger partial charge in [-0.25, -0.2) is 0 Å². The lowest BCUT2D eigenvalue weighted by Gasteiger charge is -2.38. The van der Waals surface area contributed by atoms with Crippen LogP contribution in [-0.4, -0.2) is 44.7 Å². The second-order valence-electron chi connectivity index (χ2n) is 5.36. The molecule has 2 rings (SSSR count). The summed E-state index contributed by atoms with van der Waals surface area (Å²) in [7, 11) is 4.28. The minimum atomic E-state index is 0.391. The fourth-order valence-corrected chi connectivity index (χ4v) is 2.74. The highest BCUT2D eigenvalue weighted by atomic mass is 15.2. The van der Waals surface area contributed by atoms with Crippen LogP contribution in [0.4, 0.5) is 0 Å². The molecule has 3 nitrogen and oxygen atoms in total. The predicted molar refractivity (Wildman–Crippen MR) is 77.0 cm³/mol. The lowest BCUT2D eigenvalue weighted by Crippen LogP contribution is -2.54. The first-order chi connectivity index (χ1) is 8.63. The van der Waals surface area contributed by atoms with E-state index in [1.54, 1.807) is 0 Å². The minimum Gasteiger partial charge on any atom is -0.314 e. The molecule has 0 amide bonds. The molecule has 1 aromatic carbocycles. The monoisotopic (exact) mass is 247 g/mol. The second-order valence-corrected chi connectivity index (χ2v) is 5.36. The van der Waals surface area contributed by atoms with Crippen molar-refractivity contribution in [1.29, 1.82) is 0 Å². The SMILES string of the molecule is CNC(c1ccc(C)c(C)c1)C1CNCCN1C. The van der Waals surface area contributed by atoms with E-state index in [1.807, 2.05) is 0 Å². The molecule has 3 heteroatoms. The molecule has 0 spiro atoms. The maximum Gasteiger partial charge on any atom is 0.0488 e. The predicted octanol–water partition coefficient (Wildman–Crippen LogP) is 1.47. The largest absolute Gasteiger partial charge is 0.314 e. The summed E-state index contributed by atoms with van der Waals surface area (Å²) in [5.41, 5.74) is 4.13. The molecular formula is C15H25N3. The lowest BCUT2D eigenvalue weighted by molar-refractivity contribution is 0.162. The number of piperazine rings is 1.